The average Bonchev–Trinajstić information content (AvgIpc) is 2.59. The maximum Gasteiger partial charge on any atom is 0.260 e. The third kappa shape index (κ3) is 6.31. The lowest BCUT2D eigenvalue weighted by molar-refractivity contribution is -0.127. The molecule has 4 nitrogen and oxygen atoms in total. The first-order valence-electron chi connectivity index (χ1n) is 8.42. The summed E-state index contributed by atoms with van der Waals surface area (Å²) in [5.74, 6) is 0.471. The van der Waals surface area contributed by atoms with E-state index in [9.17, 15) is 4.79 Å². The Labute approximate surface area is 154 Å². The molecule has 2 aromatic carbocycles. The van der Waals surface area contributed by atoms with Crippen molar-refractivity contribution in [2.24, 2.45) is 0 Å². The van der Waals surface area contributed by atoms with Crippen molar-refractivity contribution in [2.45, 2.75) is 25.9 Å². The molecule has 0 bridgehead atoms. The number of hydrogen-bond donors (Lipinski definition) is 1. The van der Waals surface area contributed by atoms with Gasteiger partial charge in [0.25, 0.3) is 5.91 Å². The molecule has 0 aliphatic rings. The van der Waals surface area contributed by atoms with Crippen molar-refractivity contribution in [2.75, 3.05) is 25.5 Å². The molecule has 0 heterocycles. The Morgan fingerprint density at radius 1 is 1.20 bits per heavy atom. The maximum absolute atomic E-state index is 12.1. The number of carbonyl (C=O) groups is 1. The number of anilines is 1. The molecule has 1 atom stereocenters. The van der Waals surface area contributed by atoms with Gasteiger partial charge in [0.2, 0.25) is 0 Å². The van der Waals surface area contributed by atoms with Crippen LogP contribution in [0.25, 0.3) is 0 Å². The quantitative estimate of drug-likeness (QED) is 0.725. The van der Waals surface area contributed by atoms with E-state index in [1.165, 1.54) is 11.3 Å². The molecule has 25 heavy (non-hydrogen) atoms. The summed E-state index contributed by atoms with van der Waals surface area (Å²) in [6.07, 6.45) is 1.26. The molecule has 0 aliphatic heterocycles. The molecule has 0 fully saturated rings. The van der Waals surface area contributed by atoms with Crippen LogP contribution in [0.1, 0.15) is 18.9 Å². The predicted molar refractivity (Wildman–Crippen MR) is 104 cm³/mol. The fraction of sp³-hybridized carbons (Fsp3) is 0.350. The standard InChI is InChI=1S/C20H25ClN2O2/c1-15(25-19-8-4-7-17(21)14-19)20(24)22-13-5-6-16-9-11-18(12-10-16)23(2)3/h4,7-12,14-15H,5-6,13H2,1-3H3,(H,22,24). The highest BCUT2D eigenvalue weighted by molar-refractivity contribution is 6.30. The molecule has 2 aromatic rings. The summed E-state index contributed by atoms with van der Waals surface area (Å²) >= 11 is 5.91. The first kappa shape index (κ1) is 19.1. The topological polar surface area (TPSA) is 41.6 Å². The minimum absolute atomic E-state index is 0.122. The van der Waals surface area contributed by atoms with E-state index in [1.807, 2.05) is 14.1 Å². The molecular weight excluding hydrogens is 336 g/mol. The number of nitrogens with zero attached hydrogens (tertiary/aromatic N) is 1. The average molecular weight is 361 g/mol. The van der Waals surface area contributed by atoms with E-state index in [0.717, 1.165) is 12.8 Å². The van der Waals surface area contributed by atoms with Crippen molar-refractivity contribution in [3.8, 4) is 5.75 Å². The number of carbonyl (C=O) groups excluding carboxylic acids is 1. The van der Waals surface area contributed by atoms with Crippen LogP contribution in [0.2, 0.25) is 5.02 Å². The Morgan fingerprint density at radius 3 is 2.56 bits per heavy atom. The van der Waals surface area contributed by atoms with Crippen LogP contribution in [0.4, 0.5) is 5.69 Å². The molecule has 1 unspecified atom stereocenters. The van der Waals surface area contributed by atoms with Crippen LogP contribution in [-0.2, 0) is 11.2 Å². The van der Waals surface area contributed by atoms with Crippen LogP contribution in [-0.4, -0.2) is 32.7 Å². The minimum atomic E-state index is -0.558. The monoisotopic (exact) mass is 360 g/mol. The molecule has 2 rings (SSSR count). The number of benzene rings is 2. The zero-order chi connectivity index (χ0) is 18.2. The largest absolute Gasteiger partial charge is 0.481 e. The van der Waals surface area contributed by atoms with Crippen molar-refractivity contribution in [3.05, 3.63) is 59.1 Å². The van der Waals surface area contributed by atoms with Crippen molar-refractivity contribution < 1.29 is 9.53 Å². The second-order valence-corrected chi connectivity index (χ2v) is 6.61. The number of rotatable bonds is 8. The number of hydrogen-bond acceptors (Lipinski definition) is 3. The summed E-state index contributed by atoms with van der Waals surface area (Å²) < 4.78 is 5.61. The van der Waals surface area contributed by atoms with E-state index in [-0.39, 0.29) is 5.91 Å². The van der Waals surface area contributed by atoms with Crippen LogP contribution in [0.5, 0.6) is 5.75 Å². The summed E-state index contributed by atoms with van der Waals surface area (Å²) in [5, 5.41) is 3.50. The Hall–Kier alpha value is -2.20. The summed E-state index contributed by atoms with van der Waals surface area (Å²) in [6, 6.07) is 15.5. The van der Waals surface area contributed by atoms with Gasteiger partial charge in [-0.2, -0.15) is 0 Å². The first-order valence-corrected chi connectivity index (χ1v) is 8.79. The third-order valence-electron chi connectivity index (χ3n) is 3.87. The van der Waals surface area contributed by atoms with Gasteiger partial charge in [-0.15, -0.1) is 0 Å². The van der Waals surface area contributed by atoms with Gasteiger partial charge in [-0.1, -0.05) is 29.8 Å². The molecule has 0 radical (unpaired) electrons. The van der Waals surface area contributed by atoms with Crippen molar-refractivity contribution in [3.63, 3.8) is 0 Å². The molecule has 0 spiro atoms. The van der Waals surface area contributed by atoms with Gasteiger partial charge < -0.3 is 15.0 Å². The molecule has 5 heteroatoms. The number of nitrogens with one attached hydrogen (secondary N) is 1. The van der Waals surface area contributed by atoms with Gasteiger partial charge in [-0.05, 0) is 55.7 Å². The lowest BCUT2D eigenvalue weighted by Gasteiger charge is -2.15. The molecule has 1 amide bonds. The highest BCUT2D eigenvalue weighted by Crippen LogP contribution is 2.18. The van der Waals surface area contributed by atoms with Crippen LogP contribution >= 0.6 is 11.6 Å². The van der Waals surface area contributed by atoms with Gasteiger partial charge >= 0.3 is 0 Å². The Kier molecular flexibility index (Phi) is 7.14. The molecule has 134 valence electrons. The third-order valence-corrected chi connectivity index (χ3v) is 4.11. The predicted octanol–water partition coefficient (Wildman–Crippen LogP) is 3.92. The summed E-state index contributed by atoms with van der Waals surface area (Å²) in [5.41, 5.74) is 2.45. The van der Waals surface area contributed by atoms with Crippen LogP contribution in [0, 0.1) is 0 Å². The normalized spacial score (nSPS) is 11.7. The molecule has 0 saturated carbocycles. The Balaban J connectivity index is 1.71. The van der Waals surface area contributed by atoms with Gasteiger partial charge in [0.15, 0.2) is 6.10 Å². The van der Waals surface area contributed by atoms with E-state index in [4.69, 9.17) is 16.3 Å². The molecule has 0 aromatic heterocycles. The van der Waals surface area contributed by atoms with Gasteiger partial charge in [0.05, 0.1) is 0 Å². The summed E-state index contributed by atoms with van der Waals surface area (Å²) in [7, 11) is 4.05. The zero-order valence-corrected chi connectivity index (χ0v) is 15.7. The smallest absolute Gasteiger partial charge is 0.260 e. The van der Waals surface area contributed by atoms with E-state index in [2.05, 4.69) is 34.5 Å². The minimum Gasteiger partial charge on any atom is -0.481 e. The zero-order valence-electron chi connectivity index (χ0n) is 15.0. The molecule has 0 saturated heterocycles. The SMILES string of the molecule is CC(Oc1cccc(Cl)c1)C(=O)NCCCc1ccc(N(C)C)cc1. The van der Waals surface area contributed by atoms with E-state index >= 15 is 0 Å². The van der Waals surface area contributed by atoms with Crippen LogP contribution < -0.4 is 15.0 Å². The van der Waals surface area contributed by atoms with Gasteiger partial charge in [0.1, 0.15) is 5.75 Å². The number of aryl methyl sites for hydroxylation is 1. The number of ether oxygens (including phenoxy) is 1. The van der Waals surface area contributed by atoms with Crippen LogP contribution in [0.3, 0.4) is 0 Å². The van der Waals surface area contributed by atoms with E-state index in [1.54, 1.807) is 31.2 Å². The van der Waals surface area contributed by atoms with Gasteiger partial charge in [-0.25, -0.2) is 0 Å². The lowest BCUT2D eigenvalue weighted by Crippen LogP contribution is -2.36. The van der Waals surface area contributed by atoms with Crippen LogP contribution in [0.15, 0.2) is 48.5 Å². The van der Waals surface area contributed by atoms with Crippen molar-refractivity contribution >= 4 is 23.2 Å². The van der Waals surface area contributed by atoms with E-state index in [0.29, 0.717) is 17.3 Å². The van der Waals surface area contributed by atoms with Crippen molar-refractivity contribution in [1.29, 1.82) is 0 Å². The van der Waals surface area contributed by atoms with Crippen molar-refractivity contribution in [1.82, 2.24) is 5.32 Å². The molecular formula is C20H25ClN2O2. The molecule has 0 aliphatic carbocycles. The summed E-state index contributed by atoms with van der Waals surface area (Å²) in [6.45, 7) is 2.35. The highest BCUT2D eigenvalue weighted by atomic mass is 35.5. The Morgan fingerprint density at radius 2 is 1.92 bits per heavy atom. The lowest BCUT2D eigenvalue weighted by atomic mass is 10.1. The Bertz CT molecular complexity index is 686. The fourth-order valence-corrected chi connectivity index (χ4v) is 2.59. The number of halogens is 1. The van der Waals surface area contributed by atoms with E-state index < -0.39 is 6.10 Å². The number of amides is 1. The second kappa shape index (κ2) is 9.33. The van der Waals surface area contributed by atoms with Gasteiger partial charge in [0, 0.05) is 31.4 Å². The second-order valence-electron chi connectivity index (χ2n) is 6.17. The molecule has 1 N–H and O–H groups in total. The summed E-state index contributed by atoms with van der Waals surface area (Å²) in [4.78, 5) is 14.2. The maximum atomic E-state index is 12.1. The highest BCUT2D eigenvalue weighted by Gasteiger charge is 2.14. The fourth-order valence-electron chi connectivity index (χ4n) is 2.41. The van der Waals surface area contributed by atoms with Gasteiger partial charge in [-0.3, -0.25) is 4.79 Å². The first-order chi connectivity index (χ1) is 12.0.